The van der Waals surface area contributed by atoms with Gasteiger partial charge in [-0.05, 0) is 68.4 Å². The molecule has 1 amide bonds. The molecule has 184 valence electrons. The van der Waals surface area contributed by atoms with E-state index in [0.29, 0.717) is 32.4 Å². The Balaban J connectivity index is 1.56. The normalized spacial score (nSPS) is 18.4. The van der Waals surface area contributed by atoms with E-state index in [1.54, 1.807) is 4.31 Å². The van der Waals surface area contributed by atoms with Gasteiger partial charge in [0.25, 0.3) is 5.91 Å². The molecule has 0 radical (unpaired) electrons. The first-order valence-electron chi connectivity index (χ1n) is 12.4. The molecule has 2 heterocycles. The van der Waals surface area contributed by atoms with Crippen LogP contribution in [0.1, 0.15) is 75.0 Å². The third-order valence-corrected chi connectivity index (χ3v) is 8.96. The maximum absolute atomic E-state index is 13.1. The summed E-state index contributed by atoms with van der Waals surface area (Å²) >= 11 is 0. The molecule has 8 heteroatoms. The van der Waals surface area contributed by atoms with Gasteiger partial charge >= 0.3 is 0 Å². The van der Waals surface area contributed by atoms with Crippen LogP contribution in [0.5, 0.6) is 0 Å². The van der Waals surface area contributed by atoms with Crippen LogP contribution in [0.3, 0.4) is 0 Å². The first kappa shape index (κ1) is 25.7. The summed E-state index contributed by atoms with van der Waals surface area (Å²) in [6.45, 7) is 6.94. The fourth-order valence-electron chi connectivity index (χ4n) is 4.96. The lowest BCUT2D eigenvalue weighted by atomic mass is 9.89. The smallest absolute Gasteiger partial charge is 0.253 e. The second kappa shape index (κ2) is 11.0. The Morgan fingerprint density at radius 1 is 1.06 bits per heavy atom. The van der Waals surface area contributed by atoms with E-state index in [1.165, 1.54) is 19.3 Å². The molecule has 1 saturated heterocycles. The molecule has 2 N–H and O–H groups in total. The predicted octanol–water partition coefficient (Wildman–Crippen LogP) is 3.94. The van der Waals surface area contributed by atoms with Gasteiger partial charge in [-0.1, -0.05) is 32.6 Å². The summed E-state index contributed by atoms with van der Waals surface area (Å²) in [5, 5.41) is 6.10. The van der Waals surface area contributed by atoms with Crippen molar-refractivity contribution >= 4 is 27.5 Å². The van der Waals surface area contributed by atoms with E-state index in [2.05, 4.69) is 29.7 Å². The number of unbranched alkanes of at least 4 members (excludes halogenated alkanes) is 4. The molecule has 1 aromatic rings. The highest BCUT2D eigenvalue weighted by atomic mass is 32.2. The molecule has 1 fully saturated rings. The van der Waals surface area contributed by atoms with Gasteiger partial charge in [-0.25, -0.2) is 12.7 Å². The van der Waals surface area contributed by atoms with Crippen LogP contribution >= 0.6 is 0 Å². The fraction of sp³-hybridized carbons (Fsp3) is 0.680. The minimum absolute atomic E-state index is 0.0565. The summed E-state index contributed by atoms with van der Waals surface area (Å²) in [6, 6.07) is 4.11. The lowest BCUT2D eigenvalue weighted by molar-refractivity contribution is -0.124. The number of hydrogen-bond donors (Lipinski definition) is 2. The van der Waals surface area contributed by atoms with Crippen molar-refractivity contribution in [1.29, 1.82) is 0 Å². The molecule has 0 unspecified atom stereocenters. The van der Waals surface area contributed by atoms with Crippen molar-refractivity contribution in [3.05, 3.63) is 28.8 Å². The molecule has 2 aliphatic rings. The quantitative estimate of drug-likeness (QED) is 0.473. The average molecular weight is 477 g/mol. The molecule has 0 aliphatic carbocycles. The Bertz CT molecular complexity index is 956. The van der Waals surface area contributed by atoms with Crippen molar-refractivity contribution in [3.63, 3.8) is 0 Å². The maximum atomic E-state index is 13.1. The Hall–Kier alpha value is -1.93. The van der Waals surface area contributed by atoms with Gasteiger partial charge in [0, 0.05) is 32.2 Å². The largest absolute Gasteiger partial charge is 0.388 e. The molecular weight excluding hydrogens is 436 g/mol. The van der Waals surface area contributed by atoms with Crippen molar-refractivity contribution in [2.75, 3.05) is 31.2 Å². The number of piperidine rings is 1. The van der Waals surface area contributed by atoms with Crippen molar-refractivity contribution in [2.45, 2.75) is 84.1 Å². The lowest BCUT2D eigenvalue weighted by Gasteiger charge is -2.34. The number of anilines is 1. The Labute approximate surface area is 199 Å². The number of nitrogens with zero attached hydrogens (tertiary/aromatic N) is 2. The van der Waals surface area contributed by atoms with Gasteiger partial charge < -0.3 is 10.6 Å². The van der Waals surface area contributed by atoms with Crippen molar-refractivity contribution in [3.8, 4) is 0 Å². The predicted molar refractivity (Wildman–Crippen MR) is 135 cm³/mol. The van der Waals surface area contributed by atoms with Crippen molar-refractivity contribution in [1.82, 2.24) is 9.62 Å². The molecule has 0 atom stereocenters. The summed E-state index contributed by atoms with van der Waals surface area (Å²) in [5.41, 5.74) is 3.56. The maximum Gasteiger partial charge on any atom is 0.253 e. The van der Waals surface area contributed by atoms with Gasteiger partial charge in [0.2, 0.25) is 10.0 Å². The molecule has 1 spiro atoms. The number of sulfonamides is 1. The minimum Gasteiger partial charge on any atom is -0.388 e. The van der Waals surface area contributed by atoms with E-state index in [-0.39, 0.29) is 11.7 Å². The molecule has 0 bridgehead atoms. The van der Waals surface area contributed by atoms with Crippen LogP contribution in [0.15, 0.2) is 17.1 Å². The van der Waals surface area contributed by atoms with Gasteiger partial charge in [0.05, 0.1) is 5.75 Å². The SMILES string of the molecule is CCCCCCCC1=NC2(CCN(S(=O)(=O)CCc3c(C)cc(NC)cc3C)CC2)C(=O)N1. The number of amides is 1. The van der Waals surface area contributed by atoms with Gasteiger partial charge in [-0.3, -0.25) is 9.79 Å². The fourth-order valence-corrected chi connectivity index (χ4v) is 6.42. The highest BCUT2D eigenvalue weighted by molar-refractivity contribution is 7.89. The molecule has 0 saturated carbocycles. The van der Waals surface area contributed by atoms with E-state index < -0.39 is 15.6 Å². The van der Waals surface area contributed by atoms with Crippen LogP contribution in [0.2, 0.25) is 0 Å². The van der Waals surface area contributed by atoms with Crippen LogP contribution in [0.25, 0.3) is 0 Å². The van der Waals surface area contributed by atoms with Gasteiger partial charge in [-0.15, -0.1) is 0 Å². The zero-order valence-electron chi connectivity index (χ0n) is 20.7. The Morgan fingerprint density at radius 2 is 1.70 bits per heavy atom. The van der Waals surface area contributed by atoms with Crippen molar-refractivity contribution in [2.24, 2.45) is 4.99 Å². The number of nitrogens with one attached hydrogen (secondary N) is 2. The summed E-state index contributed by atoms with van der Waals surface area (Å²) in [5.74, 6) is 0.807. The number of hydrogen-bond acceptors (Lipinski definition) is 5. The van der Waals surface area contributed by atoms with E-state index >= 15 is 0 Å². The second-order valence-electron chi connectivity index (χ2n) is 9.51. The number of rotatable bonds is 11. The number of benzene rings is 1. The summed E-state index contributed by atoms with van der Waals surface area (Å²) in [7, 11) is -1.51. The van der Waals surface area contributed by atoms with E-state index in [1.807, 2.05) is 20.9 Å². The zero-order valence-corrected chi connectivity index (χ0v) is 21.5. The minimum atomic E-state index is -3.39. The molecule has 33 heavy (non-hydrogen) atoms. The first-order valence-corrected chi connectivity index (χ1v) is 14.0. The van der Waals surface area contributed by atoms with Crippen LogP contribution in [0, 0.1) is 13.8 Å². The Morgan fingerprint density at radius 3 is 2.30 bits per heavy atom. The standard InChI is InChI=1S/C25H40N4O3S/c1-5-6-7-8-9-10-23-27-24(30)25(28-23)12-14-29(15-13-25)33(31,32)16-11-22-19(2)17-21(26-4)18-20(22)3/h17-18,26H,5-16H2,1-4H3,(H,27,28,30). The third-order valence-electron chi connectivity index (χ3n) is 7.08. The number of carbonyl (C=O) groups excluding carboxylic acids is 1. The van der Waals surface area contributed by atoms with Gasteiger partial charge in [0.1, 0.15) is 11.4 Å². The summed E-state index contributed by atoms with van der Waals surface area (Å²) in [4.78, 5) is 17.4. The van der Waals surface area contributed by atoms with E-state index in [9.17, 15) is 13.2 Å². The molecule has 7 nitrogen and oxygen atoms in total. The second-order valence-corrected chi connectivity index (χ2v) is 11.6. The van der Waals surface area contributed by atoms with Crippen LogP contribution < -0.4 is 10.6 Å². The van der Waals surface area contributed by atoms with Gasteiger partial charge in [0.15, 0.2) is 0 Å². The Kier molecular flexibility index (Phi) is 8.56. The molecule has 0 aromatic heterocycles. The topological polar surface area (TPSA) is 90.9 Å². The molecule has 1 aromatic carbocycles. The van der Waals surface area contributed by atoms with Crippen molar-refractivity contribution < 1.29 is 13.2 Å². The highest BCUT2D eigenvalue weighted by Crippen LogP contribution is 2.32. The van der Waals surface area contributed by atoms with Gasteiger partial charge in [-0.2, -0.15) is 0 Å². The number of amidine groups is 1. The van der Waals surface area contributed by atoms with Crippen LogP contribution in [-0.2, 0) is 21.2 Å². The zero-order chi connectivity index (χ0) is 24.1. The molecule has 3 rings (SSSR count). The number of carbonyl (C=O) groups is 1. The summed E-state index contributed by atoms with van der Waals surface area (Å²) < 4.78 is 27.7. The van der Waals surface area contributed by atoms with Crippen LogP contribution in [-0.4, -0.2) is 55.9 Å². The molecular formula is C25H40N4O3S. The van der Waals surface area contributed by atoms with Crippen LogP contribution in [0.4, 0.5) is 5.69 Å². The summed E-state index contributed by atoms with van der Waals surface area (Å²) in [6.07, 6.45) is 8.04. The molecule has 2 aliphatic heterocycles. The number of aryl methyl sites for hydroxylation is 2. The third kappa shape index (κ3) is 6.15. The first-order chi connectivity index (χ1) is 15.7. The lowest BCUT2D eigenvalue weighted by Crippen LogP contribution is -2.50. The van der Waals surface area contributed by atoms with E-state index in [4.69, 9.17) is 4.99 Å². The van der Waals surface area contributed by atoms with E-state index in [0.717, 1.165) is 47.5 Å². The monoisotopic (exact) mass is 476 g/mol. The highest BCUT2D eigenvalue weighted by Gasteiger charge is 2.47. The number of aliphatic imine (C=N–C) groups is 1. The average Bonchev–Trinajstić information content (AvgIpc) is 3.07.